The quantitative estimate of drug-likeness (QED) is 0.930. The Labute approximate surface area is 134 Å². The van der Waals surface area contributed by atoms with Crippen LogP contribution in [0, 0.1) is 19.7 Å². The predicted molar refractivity (Wildman–Crippen MR) is 84.8 cm³/mol. The SMILES string of the molecule is Cc1n[nH]c(C)c1CC(=O)N1CCN(c2ccc(F)cn2)CC1. The van der Waals surface area contributed by atoms with Gasteiger partial charge in [0.25, 0.3) is 0 Å². The van der Waals surface area contributed by atoms with Crippen LogP contribution in [-0.2, 0) is 11.2 Å². The number of anilines is 1. The first-order chi connectivity index (χ1) is 11.0. The average molecular weight is 317 g/mol. The molecule has 0 bridgehead atoms. The molecule has 0 aromatic carbocycles. The molecular weight excluding hydrogens is 297 g/mol. The lowest BCUT2D eigenvalue weighted by atomic mass is 10.1. The molecule has 3 rings (SSSR count). The number of pyridine rings is 1. The Bertz CT molecular complexity index is 669. The Morgan fingerprint density at radius 3 is 2.57 bits per heavy atom. The monoisotopic (exact) mass is 317 g/mol. The molecular formula is C16H20FN5O. The van der Waals surface area contributed by atoms with Gasteiger partial charge in [0, 0.05) is 37.4 Å². The molecule has 1 aliphatic heterocycles. The van der Waals surface area contributed by atoms with Crippen LogP contribution in [0.2, 0.25) is 0 Å². The van der Waals surface area contributed by atoms with E-state index in [1.165, 1.54) is 12.3 Å². The summed E-state index contributed by atoms with van der Waals surface area (Å²) in [6.07, 6.45) is 1.60. The van der Waals surface area contributed by atoms with Crippen LogP contribution in [0.1, 0.15) is 17.0 Å². The zero-order valence-corrected chi connectivity index (χ0v) is 13.3. The fraction of sp³-hybridized carbons (Fsp3) is 0.438. The lowest BCUT2D eigenvalue weighted by Crippen LogP contribution is -2.49. The molecule has 1 N–H and O–H groups in total. The number of aromatic nitrogens is 3. The van der Waals surface area contributed by atoms with E-state index >= 15 is 0 Å². The van der Waals surface area contributed by atoms with Crippen LogP contribution in [0.3, 0.4) is 0 Å². The Balaban J connectivity index is 1.58. The topological polar surface area (TPSA) is 65.1 Å². The predicted octanol–water partition coefficient (Wildman–Crippen LogP) is 1.45. The summed E-state index contributed by atoms with van der Waals surface area (Å²) in [6.45, 7) is 6.54. The van der Waals surface area contributed by atoms with Crippen LogP contribution < -0.4 is 4.90 Å². The minimum Gasteiger partial charge on any atom is -0.353 e. The number of piperazine rings is 1. The van der Waals surface area contributed by atoms with Crippen molar-refractivity contribution in [1.29, 1.82) is 0 Å². The van der Waals surface area contributed by atoms with Gasteiger partial charge in [0.2, 0.25) is 5.91 Å². The molecule has 0 atom stereocenters. The van der Waals surface area contributed by atoms with E-state index in [0.717, 1.165) is 22.8 Å². The van der Waals surface area contributed by atoms with Crippen LogP contribution in [0.15, 0.2) is 18.3 Å². The highest BCUT2D eigenvalue weighted by Gasteiger charge is 2.23. The molecule has 2 aromatic rings. The molecule has 122 valence electrons. The van der Waals surface area contributed by atoms with Crippen molar-refractivity contribution in [2.24, 2.45) is 0 Å². The van der Waals surface area contributed by atoms with E-state index in [4.69, 9.17) is 0 Å². The van der Waals surface area contributed by atoms with Crippen LogP contribution >= 0.6 is 0 Å². The fourth-order valence-corrected chi connectivity index (χ4v) is 2.84. The van der Waals surface area contributed by atoms with Gasteiger partial charge in [-0.05, 0) is 26.0 Å². The Morgan fingerprint density at radius 1 is 1.26 bits per heavy atom. The summed E-state index contributed by atoms with van der Waals surface area (Å²) in [7, 11) is 0. The fourth-order valence-electron chi connectivity index (χ4n) is 2.84. The lowest BCUT2D eigenvalue weighted by Gasteiger charge is -2.35. The maximum Gasteiger partial charge on any atom is 0.227 e. The maximum atomic E-state index is 12.9. The summed E-state index contributed by atoms with van der Waals surface area (Å²) < 4.78 is 12.9. The van der Waals surface area contributed by atoms with Gasteiger partial charge in [-0.1, -0.05) is 0 Å². The molecule has 0 unspecified atom stereocenters. The number of nitrogens with zero attached hydrogens (tertiary/aromatic N) is 4. The molecule has 1 saturated heterocycles. The van der Waals surface area contributed by atoms with Crippen LogP contribution in [0.5, 0.6) is 0 Å². The smallest absolute Gasteiger partial charge is 0.227 e. The summed E-state index contributed by atoms with van der Waals surface area (Å²) >= 11 is 0. The number of H-pyrrole nitrogens is 1. The van der Waals surface area contributed by atoms with Gasteiger partial charge < -0.3 is 9.80 Å². The standard InChI is InChI=1S/C16H20FN5O/c1-11-14(12(2)20-19-11)9-16(23)22-7-5-21(6-8-22)15-4-3-13(17)10-18-15/h3-4,10H,5-9H2,1-2H3,(H,19,20). The van der Waals surface area contributed by atoms with Crippen molar-refractivity contribution in [2.45, 2.75) is 20.3 Å². The van der Waals surface area contributed by atoms with Gasteiger partial charge in [0.15, 0.2) is 0 Å². The number of halogens is 1. The molecule has 3 heterocycles. The largest absolute Gasteiger partial charge is 0.353 e. The summed E-state index contributed by atoms with van der Waals surface area (Å²) in [6, 6.07) is 3.08. The third-order valence-corrected chi connectivity index (χ3v) is 4.28. The van der Waals surface area contributed by atoms with Crippen LogP contribution in [0.25, 0.3) is 0 Å². The first-order valence-corrected chi connectivity index (χ1v) is 7.69. The van der Waals surface area contributed by atoms with E-state index in [1.54, 1.807) is 6.07 Å². The molecule has 0 saturated carbocycles. The molecule has 1 amide bonds. The zero-order chi connectivity index (χ0) is 16.4. The van der Waals surface area contributed by atoms with Gasteiger partial charge >= 0.3 is 0 Å². The minimum absolute atomic E-state index is 0.115. The van der Waals surface area contributed by atoms with Gasteiger partial charge in [-0.25, -0.2) is 9.37 Å². The van der Waals surface area contributed by atoms with Gasteiger partial charge in [-0.15, -0.1) is 0 Å². The van der Waals surface area contributed by atoms with Gasteiger partial charge in [0.05, 0.1) is 18.3 Å². The summed E-state index contributed by atoms with van der Waals surface area (Å²) in [5.41, 5.74) is 2.81. The molecule has 2 aromatic heterocycles. The number of carbonyl (C=O) groups is 1. The Morgan fingerprint density at radius 2 is 2.00 bits per heavy atom. The normalized spacial score (nSPS) is 15.1. The molecule has 6 nitrogen and oxygen atoms in total. The number of aromatic amines is 1. The first-order valence-electron chi connectivity index (χ1n) is 7.69. The second-order valence-corrected chi connectivity index (χ2v) is 5.79. The van der Waals surface area contributed by atoms with Gasteiger partial charge in [0.1, 0.15) is 11.6 Å². The van der Waals surface area contributed by atoms with E-state index in [1.807, 2.05) is 18.7 Å². The summed E-state index contributed by atoms with van der Waals surface area (Å²) in [4.78, 5) is 20.5. The van der Waals surface area contributed by atoms with E-state index < -0.39 is 0 Å². The van der Waals surface area contributed by atoms with E-state index in [9.17, 15) is 9.18 Å². The molecule has 0 radical (unpaired) electrons. The van der Waals surface area contributed by atoms with E-state index in [-0.39, 0.29) is 11.7 Å². The third kappa shape index (κ3) is 3.33. The molecule has 1 fully saturated rings. The minimum atomic E-state index is -0.339. The third-order valence-electron chi connectivity index (χ3n) is 4.28. The number of nitrogens with one attached hydrogen (secondary N) is 1. The van der Waals surface area contributed by atoms with Crippen molar-refractivity contribution < 1.29 is 9.18 Å². The molecule has 7 heteroatoms. The number of hydrogen-bond donors (Lipinski definition) is 1. The van der Waals surface area contributed by atoms with Crippen molar-refractivity contribution in [3.63, 3.8) is 0 Å². The van der Waals surface area contributed by atoms with Crippen molar-refractivity contribution >= 4 is 11.7 Å². The van der Waals surface area contributed by atoms with E-state index in [2.05, 4.69) is 20.1 Å². The average Bonchev–Trinajstić information content (AvgIpc) is 2.87. The van der Waals surface area contributed by atoms with E-state index in [0.29, 0.717) is 32.6 Å². The number of carbonyl (C=O) groups excluding carboxylic acids is 1. The number of hydrogen-bond acceptors (Lipinski definition) is 4. The van der Waals surface area contributed by atoms with Gasteiger partial charge in [-0.2, -0.15) is 5.10 Å². The summed E-state index contributed by atoms with van der Waals surface area (Å²) in [5.74, 6) is 0.526. The molecule has 23 heavy (non-hydrogen) atoms. The van der Waals surface area contributed by atoms with Gasteiger partial charge in [-0.3, -0.25) is 9.89 Å². The van der Waals surface area contributed by atoms with Crippen LogP contribution in [-0.4, -0.2) is 52.2 Å². The number of amides is 1. The Hall–Kier alpha value is -2.44. The zero-order valence-electron chi connectivity index (χ0n) is 13.3. The highest BCUT2D eigenvalue weighted by molar-refractivity contribution is 5.79. The van der Waals surface area contributed by atoms with Crippen molar-refractivity contribution in [3.05, 3.63) is 41.1 Å². The highest BCUT2D eigenvalue weighted by Crippen LogP contribution is 2.16. The number of rotatable bonds is 3. The Kier molecular flexibility index (Phi) is 4.27. The molecule has 0 spiro atoms. The lowest BCUT2D eigenvalue weighted by molar-refractivity contribution is -0.130. The maximum absolute atomic E-state index is 12.9. The first kappa shape index (κ1) is 15.5. The van der Waals surface area contributed by atoms with Crippen molar-refractivity contribution in [1.82, 2.24) is 20.1 Å². The molecule has 0 aliphatic carbocycles. The summed E-state index contributed by atoms with van der Waals surface area (Å²) in [5, 5.41) is 7.04. The second kappa shape index (κ2) is 6.36. The second-order valence-electron chi connectivity index (χ2n) is 5.79. The van der Waals surface area contributed by atoms with Crippen molar-refractivity contribution in [2.75, 3.05) is 31.1 Å². The highest BCUT2D eigenvalue weighted by atomic mass is 19.1. The van der Waals surface area contributed by atoms with Crippen LogP contribution in [0.4, 0.5) is 10.2 Å². The number of aryl methyl sites for hydroxylation is 2. The van der Waals surface area contributed by atoms with Crippen molar-refractivity contribution in [3.8, 4) is 0 Å². The molecule has 1 aliphatic rings.